The second-order valence-electron chi connectivity index (χ2n) is 9.01. The van der Waals surface area contributed by atoms with Gasteiger partial charge in [-0.1, -0.05) is 0 Å². The molecule has 37 heavy (non-hydrogen) atoms. The number of nitrogens with two attached hydrogens (primary N) is 1. The van der Waals surface area contributed by atoms with Gasteiger partial charge in [0.15, 0.2) is 17.1 Å². The maximum absolute atomic E-state index is 14.7. The molecule has 12 nitrogen and oxygen atoms in total. The lowest BCUT2D eigenvalue weighted by molar-refractivity contribution is 0.245. The third-order valence-electron chi connectivity index (χ3n) is 6.55. The zero-order valence-electron chi connectivity index (χ0n) is 20.0. The second-order valence-corrected chi connectivity index (χ2v) is 11.2. The summed E-state index contributed by atoms with van der Waals surface area (Å²) in [6.07, 6.45) is 4.57. The van der Waals surface area contributed by atoms with Crippen molar-refractivity contribution >= 4 is 38.0 Å². The van der Waals surface area contributed by atoms with E-state index >= 15 is 0 Å². The molecule has 0 aliphatic carbocycles. The molecule has 5 aromatic rings. The Kier molecular flexibility index (Phi) is 5.56. The van der Waals surface area contributed by atoms with E-state index < -0.39 is 15.5 Å². The third kappa shape index (κ3) is 4.27. The van der Waals surface area contributed by atoms with Crippen molar-refractivity contribution < 1.29 is 13.0 Å². The van der Waals surface area contributed by atoms with Crippen LogP contribution in [-0.2, 0) is 16.3 Å². The van der Waals surface area contributed by atoms with Crippen LogP contribution in [-0.4, -0.2) is 77.5 Å². The summed E-state index contributed by atoms with van der Waals surface area (Å²) in [6, 6.07) is 7.95. The maximum atomic E-state index is 14.7. The van der Waals surface area contributed by atoms with Gasteiger partial charge in [-0.25, -0.2) is 23.0 Å². The van der Waals surface area contributed by atoms with Crippen molar-refractivity contribution in [1.82, 2.24) is 34.3 Å². The first kappa shape index (κ1) is 23.4. The quantitative estimate of drug-likeness (QED) is 0.341. The van der Waals surface area contributed by atoms with E-state index in [0.717, 1.165) is 25.0 Å². The highest BCUT2D eigenvalue weighted by molar-refractivity contribution is 7.91. The van der Waals surface area contributed by atoms with Gasteiger partial charge in [-0.3, -0.25) is 4.90 Å². The molecule has 4 aromatic heterocycles. The topological polar surface area (TPSA) is 147 Å². The molecule has 6 rings (SSSR count). The predicted octanol–water partition coefficient (Wildman–Crippen LogP) is 2.31. The summed E-state index contributed by atoms with van der Waals surface area (Å²) in [4.78, 5) is 13.6. The Morgan fingerprint density at radius 3 is 2.65 bits per heavy atom. The fraction of sp³-hybridized carbons (Fsp3) is 0.304. The van der Waals surface area contributed by atoms with Gasteiger partial charge in [-0.05, 0) is 30.3 Å². The molecular formula is C23H25FN10O2S. The first-order chi connectivity index (χ1) is 17.8. The molecule has 0 bridgehead atoms. The van der Waals surface area contributed by atoms with Crippen LogP contribution in [0.1, 0.15) is 0 Å². The van der Waals surface area contributed by atoms with Crippen LogP contribution >= 0.6 is 0 Å². The standard InChI is InChI=1S/C23H25FN10O2S/c1-37(26,35)15-4-5-18(17(24)13-15)32-9-6-31(7-10-32)8-11-33-21-16(14-27-33)22-28-20(19-3-2-12-36-19)30-34(22)23(25)29-21/h2-5,12-14,26H,6-11H2,1H3,(H2,25,29). The minimum Gasteiger partial charge on any atom is -0.461 e. The van der Waals surface area contributed by atoms with E-state index in [9.17, 15) is 8.60 Å². The smallest absolute Gasteiger partial charge is 0.225 e. The van der Waals surface area contributed by atoms with Crippen LogP contribution in [0.4, 0.5) is 16.0 Å². The number of hydrogen-bond acceptors (Lipinski definition) is 10. The summed E-state index contributed by atoms with van der Waals surface area (Å²) < 4.78 is 42.9. The van der Waals surface area contributed by atoms with Crippen molar-refractivity contribution in [2.45, 2.75) is 11.4 Å². The number of halogens is 1. The molecule has 1 atom stereocenters. The number of anilines is 2. The second kappa shape index (κ2) is 8.81. The Labute approximate surface area is 211 Å². The summed E-state index contributed by atoms with van der Waals surface area (Å²) >= 11 is 0. The highest BCUT2D eigenvalue weighted by Crippen LogP contribution is 2.25. The van der Waals surface area contributed by atoms with Gasteiger partial charge in [-0.2, -0.15) is 14.6 Å². The highest BCUT2D eigenvalue weighted by atomic mass is 32.2. The number of hydrogen-bond donors (Lipinski definition) is 2. The first-order valence-electron chi connectivity index (χ1n) is 11.7. The minimum atomic E-state index is -2.95. The van der Waals surface area contributed by atoms with Crippen molar-refractivity contribution in [2.75, 3.05) is 49.6 Å². The summed E-state index contributed by atoms with van der Waals surface area (Å²) in [6.45, 7) is 4.14. The van der Waals surface area contributed by atoms with Gasteiger partial charge in [0.1, 0.15) is 5.82 Å². The molecule has 192 valence electrons. The molecule has 1 fully saturated rings. The van der Waals surface area contributed by atoms with Gasteiger partial charge >= 0.3 is 0 Å². The number of nitrogens with zero attached hydrogens (tertiary/aromatic N) is 8. The van der Waals surface area contributed by atoms with Gasteiger partial charge in [0, 0.05) is 43.9 Å². The van der Waals surface area contributed by atoms with Crippen LogP contribution in [0, 0.1) is 10.6 Å². The number of benzene rings is 1. The Balaban J connectivity index is 1.14. The fourth-order valence-electron chi connectivity index (χ4n) is 4.57. The van der Waals surface area contributed by atoms with Gasteiger partial charge in [-0.15, -0.1) is 5.10 Å². The molecule has 0 radical (unpaired) electrons. The maximum Gasteiger partial charge on any atom is 0.225 e. The number of fused-ring (bicyclic) bond motifs is 3. The lowest BCUT2D eigenvalue weighted by Gasteiger charge is -2.36. The van der Waals surface area contributed by atoms with Crippen molar-refractivity contribution in [3.05, 3.63) is 48.6 Å². The molecule has 1 aliphatic rings. The molecule has 5 heterocycles. The molecule has 1 saturated heterocycles. The lowest BCUT2D eigenvalue weighted by Crippen LogP contribution is -2.47. The van der Waals surface area contributed by atoms with E-state index in [2.05, 4.69) is 25.1 Å². The van der Waals surface area contributed by atoms with Crippen molar-refractivity contribution in [3.63, 3.8) is 0 Å². The van der Waals surface area contributed by atoms with Crippen molar-refractivity contribution in [1.29, 1.82) is 4.78 Å². The Bertz CT molecular complexity index is 1700. The first-order valence-corrected chi connectivity index (χ1v) is 13.7. The lowest BCUT2D eigenvalue weighted by atomic mass is 10.2. The summed E-state index contributed by atoms with van der Waals surface area (Å²) in [5, 5.41) is 9.67. The van der Waals surface area contributed by atoms with Gasteiger partial charge in [0.05, 0.1) is 39.8 Å². The molecule has 0 spiro atoms. The van der Waals surface area contributed by atoms with E-state index in [-0.39, 0.29) is 10.8 Å². The number of rotatable bonds is 6. The third-order valence-corrected chi connectivity index (χ3v) is 7.70. The predicted molar refractivity (Wildman–Crippen MR) is 136 cm³/mol. The minimum absolute atomic E-state index is 0.202. The van der Waals surface area contributed by atoms with E-state index in [1.54, 1.807) is 41.4 Å². The van der Waals surface area contributed by atoms with Crippen molar-refractivity contribution in [3.8, 4) is 11.6 Å². The van der Waals surface area contributed by atoms with E-state index in [1.807, 2.05) is 4.90 Å². The monoisotopic (exact) mass is 524 g/mol. The summed E-state index contributed by atoms with van der Waals surface area (Å²) in [5.41, 5.74) is 7.84. The summed E-state index contributed by atoms with van der Waals surface area (Å²) in [5.74, 6) is 0.723. The molecule has 0 amide bonds. The number of aromatic nitrogens is 6. The van der Waals surface area contributed by atoms with Gasteiger partial charge in [0.25, 0.3) is 0 Å². The largest absolute Gasteiger partial charge is 0.461 e. The number of nitrogens with one attached hydrogen (secondary N) is 1. The van der Waals surface area contributed by atoms with E-state index in [1.165, 1.54) is 16.8 Å². The fourth-order valence-corrected chi connectivity index (χ4v) is 5.22. The zero-order valence-corrected chi connectivity index (χ0v) is 20.9. The van der Waals surface area contributed by atoms with Crippen LogP contribution in [0.3, 0.4) is 0 Å². The molecular weight excluding hydrogens is 499 g/mol. The Morgan fingerprint density at radius 2 is 1.95 bits per heavy atom. The van der Waals surface area contributed by atoms with E-state index in [4.69, 9.17) is 14.9 Å². The summed E-state index contributed by atoms with van der Waals surface area (Å²) in [7, 11) is -2.95. The highest BCUT2D eigenvalue weighted by Gasteiger charge is 2.22. The van der Waals surface area contributed by atoms with Crippen LogP contribution in [0.2, 0.25) is 0 Å². The molecule has 0 saturated carbocycles. The molecule has 14 heteroatoms. The SMILES string of the molecule is CS(=N)(=O)c1ccc(N2CCN(CCn3ncc4c3nc(N)n3nc(-c5ccco5)nc43)CC2)c(F)c1. The normalized spacial score (nSPS) is 16.5. The average Bonchev–Trinajstić information content (AvgIpc) is 3.62. The number of piperazine rings is 1. The molecule has 1 unspecified atom stereocenters. The van der Waals surface area contributed by atoms with Crippen LogP contribution in [0.25, 0.3) is 28.3 Å². The van der Waals surface area contributed by atoms with Crippen molar-refractivity contribution in [2.24, 2.45) is 0 Å². The van der Waals surface area contributed by atoms with Gasteiger partial charge in [0.2, 0.25) is 11.8 Å². The van der Waals surface area contributed by atoms with Crippen LogP contribution < -0.4 is 10.6 Å². The molecule has 1 aromatic carbocycles. The van der Waals surface area contributed by atoms with E-state index in [0.29, 0.717) is 48.2 Å². The zero-order chi connectivity index (χ0) is 25.7. The number of nitrogen functional groups attached to an aromatic ring is 1. The molecule has 3 N–H and O–H groups in total. The molecule has 1 aliphatic heterocycles. The Morgan fingerprint density at radius 1 is 1.14 bits per heavy atom. The van der Waals surface area contributed by atoms with Crippen LogP contribution in [0.15, 0.2) is 52.1 Å². The Hall–Kier alpha value is -4.04. The van der Waals surface area contributed by atoms with Crippen LogP contribution in [0.5, 0.6) is 0 Å². The average molecular weight is 525 g/mol. The number of furan rings is 1. The van der Waals surface area contributed by atoms with Gasteiger partial charge < -0.3 is 15.1 Å².